The molecule has 8 nitrogen and oxygen atoms in total. The van der Waals surface area contributed by atoms with Crippen LogP contribution in [-0.4, -0.2) is 22.9 Å². The van der Waals surface area contributed by atoms with Crippen molar-refractivity contribution in [3.8, 4) is 0 Å². The number of imidazole rings is 1. The number of anilines is 1. The highest BCUT2D eigenvalue weighted by Gasteiger charge is 2.24. The Morgan fingerprint density at radius 2 is 2.14 bits per heavy atom. The van der Waals surface area contributed by atoms with Crippen molar-refractivity contribution in [1.82, 2.24) is 9.55 Å². The number of hydrogen-bond donors (Lipinski definition) is 1. The van der Waals surface area contributed by atoms with E-state index in [1.807, 2.05) is 0 Å². The van der Waals surface area contributed by atoms with Crippen molar-refractivity contribution in [3.05, 3.63) is 45.6 Å². The second kappa shape index (κ2) is 5.30. The predicted molar refractivity (Wildman–Crippen MR) is 72.1 cm³/mol. The minimum Gasteiger partial charge on any atom is -0.324 e. The molecular weight excluding hydrogens is 327 g/mol. The smallest absolute Gasteiger partial charge is 0.306 e. The van der Waals surface area contributed by atoms with Gasteiger partial charge in [-0.05, 0) is 12.1 Å². The summed E-state index contributed by atoms with van der Waals surface area (Å²) in [5, 5.41) is 10.1. The van der Waals surface area contributed by atoms with Crippen LogP contribution in [0.25, 0.3) is 0 Å². The minimum atomic E-state index is -4.14. The van der Waals surface area contributed by atoms with Gasteiger partial charge in [0, 0.05) is 13.1 Å². The number of hydrogen-bond acceptors (Lipinski definition) is 5. The van der Waals surface area contributed by atoms with Crippen LogP contribution < -0.4 is 4.72 Å². The number of aromatic nitrogens is 2. The number of aryl methyl sites for hydroxylation is 1. The van der Waals surface area contributed by atoms with Gasteiger partial charge in [0.15, 0.2) is 0 Å². The summed E-state index contributed by atoms with van der Waals surface area (Å²) in [4.78, 5) is 13.3. The molecule has 0 fully saturated rings. The third-order valence-electron chi connectivity index (χ3n) is 2.48. The lowest BCUT2D eigenvalue weighted by Crippen LogP contribution is -2.14. The van der Waals surface area contributed by atoms with Gasteiger partial charge in [-0.3, -0.25) is 14.8 Å². The Hall–Kier alpha value is -2.20. The van der Waals surface area contributed by atoms with Gasteiger partial charge in [-0.2, -0.15) is 12.8 Å². The summed E-state index contributed by atoms with van der Waals surface area (Å²) in [5.41, 5.74) is -1.02. The molecule has 2 aromatic rings. The second-order valence-electron chi connectivity index (χ2n) is 3.98. The zero-order valence-electron chi connectivity index (χ0n) is 10.4. The third-order valence-corrected chi connectivity index (χ3v) is 4.35. The van der Waals surface area contributed by atoms with E-state index in [2.05, 4.69) is 9.71 Å². The molecule has 1 aromatic heterocycles. The first kappa shape index (κ1) is 15.2. The molecular formula is C10H8ClFN4O4S. The van der Waals surface area contributed by atoms with Crippen molar-refractivity contribution in [2.45, 2.75) is 5.03 Å². The standard InChI is InChI=1S/C10H8ClFN4O4S/c1-15-5-13-10(9(15)11)21(19,20)14-6-2-3-7(12)8(4-6)16(17)18/h2-5,14H,1H3. The SMILES string of the molecule is Cn1cnc(S(=O)(=O)Nc2ccc(F)c([N+](=O)[O-])c2)c1Cl. The molecule has 0 aliphatic rings. The first-order chi connectivity index (χ1) is 9.72. The Labute approximate surface area is 123 Å². The second-order valence-corrected chi connectivity index (χ2v) is 5.94. The van der Waals surface area contributed by atoms with Gasteiger partial charge in [0.25, 0.3) is 10.0 Å². The number of benzene rings is 1. The van der Waals surface area contributed by atoms with E-state index in [4.69, 9.17) is 11.6 Å². The molecule has 0 bridgehead atoms. The molecule has 1 heterocycles. The minimum absolute atomic E-state index is 0.126. The lowest BCUT2D eigenvalue weighted by Gasteiger charge is -2.06. The molecule has 0 unspecified atom stereocenters. The average Bonchev–Trinajstić information content (AvgIpc) is 2.72. The summed E-state index contributed by atoms with van der Waals surface area (Å²) in [6.45, 7) is 0. The predicted octanol–water partition coefficient (Wildman–Crippen LogP) is 1.92. The number of sulfonamides is 1. The normalized spacial score (nSPS) is 11.4. The van der Waals surface area contributed by atoms with Crippen molar-refractivity contribution in [1.29, 1.82) is 0 Å². The quantitative estimate of drug-likeness (QED) is 0.679. The van der Waals surface area contributed by atoms with Crippen LogP contribution in [0.15, 0.2) is 29.6 Å². The van der Waals surface area contributed by atoms with Crippen LogP contribution in [0.5, 0.6) is 0 Å². The van der Waals surface area contributed by atoms with E-state index in [9.17, 15) is 22.9 Å². The molecule has 0 aliphatic heterocycles. The summed E-state index contributed by atoms with van der Waals surface area (Å²) in [6, 6.07) is 2.61. The molecule has 0 aliphatic carbocycles. The molecule has 1 N–H and O–H groups in total. The van der Waals surface area contributed by atoms with E-state index in [0.717, 1.165) is 18.2 Å². The molecule has 11 heteroatoms. The van der Waals surface area contributed by atoms with Crippen LogP contribution in [-0.2, 0) is 17.1 Å². The van der Waals surface area contributed by atoms with Crippen molar-refractivity contribution in [2.24, 2.45) is 7.05 Å². The number of nitro groups is 1. The fraction of sp³-hybridized carbons (Fsp3) is 0.100. The zero-order chi connectivity index (χ0) is 15.8. The molecule has 0 amide bonds. The highest BCUT2D eigenvalue weighted by atomic mass is 35.5. The molecule has 0 radical (unpaired) electrons. The summed E-state index contributed by atoms with van der Waals surface area (Å²) >= 11 is 5.78. The monoisotopic (exact) mass is 334 g/mol. The summed E-state index contributed by atoms with van der Waals surface area (Å²) in [7, 11) is -2.64. The Kier molecular flexibility index (Phi) is 3.83. The fourth-order valence-electron chi connectivity index (χ4n) is 1.49. The highest BCUT2D eigenvalue weighted by molar-refractivity contribution is 7.92. The van der Waals surface area contributed by atoms with Gasteiger partial charge in [-0.25, -0.2) is 4.98 Å². The number of nitrogens with one attached hydrogen (secondary N) is 1. The van der Waals surface area contributed by atoms with E-state index in [1.165, 1.54) is 17.9 Å². The first-order valence-corrected chi connectivity index (χ1v) is 7.22. The number of nitrogens with zero attached hydrogens (tertiary/aromatic N) is 3. The molecule has 0 atom stereocenters. The maximum Gasteiger partial charge on any atom is 0.306 e. The van der Waals surface area contributed by atoms with Gasteiger partial charge >= 0.3 is 5.69 Å². The molecule has 21 heavy (non-hydrogen) atoms. The van der Waals surface area contributed by atoms with E-state index in [-0.39, 0.29) is 10.8 Å². The largest absolute Gasteiger partial charge is 0.324 e. The lowest BCUT2D eigenvalue weighted by molar-refractivity contribution is -0.387. The van der Waals surface area contributed by atoms with Crippen LogP contribution >= 0.6 is 11.6 Å². The summed E-state index contributed by atoms with van der Waals surface area (Å²) in [6.07, 6.45) is 1.20. The molecule has 112 valence electrons. The average molecular weight is 335 g/mol. The van der Waals surface area contributed by atoms with Gasteiger partial charge in [-0.1, -0.05) is 11.6 Å². The topological polar surface area (TPSA) is 107 Å². The zero-order valence-corrected chi connectivity index (χ0v) is 12.0. The molecule has 0 saturated heterocycles. The molecule has 1 aromatic carbocycles. The van der Waals surface area contributed by atoms with Gasteiger partial charge < -0.3 is 4.57 Å². The van der Waals surface area contributed by atoms with Crippen LogP contribution in [0.2, 0.25) is 5.15 Å². The van der Waals surface area contributed by atoms with Gasteiger partial charge in [0.2, 0.25) is 10.8 Å². The number of rotatable bonds is 4. The van der Waals surface area contributed by atoms with Crippen LogP contribution in [0.1, 0.15) is 0 Å². The Morgan fingerprint density at radius 3 is 2.67 bits per heavy atom. The van der Waals surface area contributed by atoms with Gasteiger partial charge in [-0.15, -0.1) is 0 Å². The van der Waals surface area contributed by atoms with E-state index < -0.39 is 31.5 Å². The van der Waals surface area contributed by atoms with Gasteiger partial charge in [0.1, 0.15) is 5.15 Å². The Bertz CT molecular complexity index is 820. The van der Waals surface area contributed by atoms with Crippen molar-refractivity contribution < 1.29 is 17.7 Å². The van der Waals surface area contributed by atoms with E-state index in [0.29, 0.717) is 0 Å². The Balaban J connectivity index is 2.40. The van der Waals surface area contributed by atoms with Crippen LogP contribution in [0.3, 0.4) is 0 Å². The van der Waals surface area contributed by atoms with E-state index >= 15 is 0 Å². The van der Waals surface area contributed by atoms with Crippen LogP contribution in [0.4, 0.5) is 15.8 Å². The third kappa shape index (κ3) is 2.95. The maximum atomic E-state index is 13.2. The number of nitro benzene ring substituents is 1. The first-order valence-electron chi connectivity index (χ1n) is 5.36. The Morgan fingerprint density at radius 1 is 1.48 bits per heavy atom. The lowest BCUT2D eigenvalue weighted by atomic mass is 10.3. The molecule has 0 saturated carbocycles. The number of halogens is 2. The van der Waals surface area contributed by atoms with Crippen molar-refractivity contribution >= 4 is 33.0 Å². The van der Waals surface area contributed by atoms with Crippen molar-refractivity contribution in [2.75, 3.05) is 4.72 Å². The van der Waals surface area contributed by atoms with Crippen LogP contribution in [0, 0.1) is 15.9 Å². The summed E-state index contributed by atoms with van der Waals surface area (Å²) in [5.74, 6) is -1.07. The van der Waals surface area contributed by atoms with E-state index in [1.54, 1.807) is 0 Å². The highest BCUT2D eigenvalue weighted by Crippen LogP contribution is 2.25. The van der Waals surface area contributed by atoms with Crippen molar-refractivity contribution in [3.63, 3.8) is 0 Å². The molecule has 0 spiro atoms. The molecule has 2 rings (SSSR count). The van der Waals surface area contributed by atoms with Gasteiger partial charge in [0.05, 0.1) is 16.9 Å². The summed E-state index contributed by atoms with van der Waals surface area (Å²) < 4.78 is 40.7. The maximum absolute atomic E-state index is 13.2. The fourth-order valence-corrected chi connectivity index (χ4v) is 2.98.